The fraction of sp³-hybridized carbons (Fsp3) is 0.750. The average Bonchev–Trinajstić information content (AvgIpc) is 2.54. The number of nitrogens with two attached hydrogens (primary N) is 1. The summed E-state index contributed by atoms with van der Waals surface area (Å²) >= 11 is 0. The fourth-order valence-corrected chi connectivity index (χ4v) is 1.76. The highest BCUT2D eigenvalue weighted by Gasteiger charge is 2.24. The van der Waals surface area contributed by atoms with Gasteiger partial charge in [-0.1, -0.05) is 27.7 Å². The maximum absolute atomic E-state index is 5.62. The molecule has 0 saturated heterocycles. The van der Waals surface area contributed by atoms with Gasteiger partial charge in [0.05, 0.1) is 5.69 Å². The highest BCUT2D eigenvalue weighted by molar-refractivity contribution is 5.12. The number of rotatable bonds is 4. The van der Waals surface area contributed by atoms with Crippen LogP contribution in [-0.4, -0.2) is 15.8 Å². The van der Waals surface area contributed by atoms with Crippen LogP contribution in [0.25, 0.3) is 0 Å². The van der Waals surface area contributed by atoms with Gasteiger partial charge >= 0.3 is 0 Å². The second-order valence-electron chi connectivity index (χ2n) is 5.39. The number of hydrazine groups is 1. The molecule has 0 amide bonds. The highest BCUT2D eigenvalue weighted by atomic mass is 15.3. The Balaban J connectivity index is 2.82. The first-order chi connectivity index (χ1) is 7.38. The molecule has 1 aromatic heterocycles. The lowest BCUT2D eigenvalue weighted by Gasteiger charge is -2.29. The van der Waals surface area contributed by atoms with Crippen LogP contribution in [0.3, 0.4) is 0 Å². The maximum atomic E-state index is 5.62. The van der Waals surface area contributed by atoms with E-state index in [4.69, 9.17) is 5.84 Å². The van der Waals surface area contributed by atoms with Crippen LogP contribution < -0.4 is 11.3 Å². The second-order valence-corrected chi connectivity index (χ2v) is 5.39. The van der Waals surface area contributed by atoms with Gasteiger partial charge in [0.2, 0.25) is 0 Å². The molecule has 1 aromatic rings. The molecule has 0 aliphatic heterocycles. The van der Waals surface area contributed by atoms with E-state index in [-0.39, 0.29) is 11.5 Å². The van der Waals surface area contributed by atoms with E-state index < -0.39 is 0 Å². The maximum Gasteiger partial charge on any atom is 0.0624 e. The molecule has 1 unspecified atom stereocenters. The summed E-state index contributed by atoms with van der Waals surface area (Å²) in [6, 6.07) is 2.42. The monoisotopic (exact) mass is 224 g/mol. The van der Waals surface area contributed by atoms with E-state index in [1.165, 1.54) is 5.69 Å². The van der Waals surface area contributed by atoms with E-state index in [0.717, 1.165) is 18.5 Å². The Bertz CT molecular complexity index is 335. The van der Waals surface area contributed by atoms with Crippen molar-refractivity contribution in [1.82, 2.24) is 15.2 Å². The lowest BCUT2D eigenvalue weighted by Crippen LogP contribution is -2.46. The molecule has 4 nitrogen and oxygen atoms in total. The number of aryl methyl sites for hydroxylation is 2. The van der Waals surface area contributed by atoms with Crippen molar-refractivity contribution >= 4 is 0 Å². The summed E-state index contributed by atoms with van der Waals surface area (Å²) in [6.45, 7) is 8.69. The number of hydrogen-bond acceptors (Lipinski definition) is 3. The van der Waals surface area contributed by atoms with Crippen molar-refractivity contribution in [1.29, 1.82) is 0 Å². The summed E-state index contributed by atoms with van der Waals surface area (Å²) in [6.07, 6.45) is 1.88. The SMILES string of the molecule is CCc1cc(CC(NN)C(C)(C)C)n(C)n1. The third kappa shape index (κ3) is 3.06. The first-order valence-corrected chi connectivity index (χ1v) is 5.86. The van der Waals surface area contributed by atoms with Crippen molar-refractivity contribution in [2.24, 2.45) is 18.3 Å². The molecule has 4 heteroatoms. The van der Waals surface area contributed by atoms with Crippen LogP contribution >= 0.6 is 0 Å². The Morgan fingerprint density at radius 3 is 2.50 bits per heavy atom. The molecular formula is C12H24N4. The fourth-order valence-electron chi connectivity index (χ4n) is 1.76. The van der Waals surface area contributed by atoms with Crippen LogP contribution in [0.5, 0.6) is 0 Å². The van der Waals surface area contributed by atoms with Crippen molar-refractivity contribution < 1.29 is 0 Å². The van der Waals surface area contributed by atoms with Crippen LogP contribution in [-0.2, 0) is 19.9 Å². The Hall–Kier alpha value is -0.870. The molecule has 0 bridgehead atoms. The highest BCUT2D eigenvalue weighted by Crippen LogP contribution is 2.22. The lowest BCUT2D eigenvalue weighted by atomic mass is 9.84. The Labute approximate surface area is 98.2 Å². The van der Waals surface area contributed by atoms with E-state index in [1.54, 1.807) is 0 Å². The predicted octanol–water partition coefficient (Wildman–Crippen LogP) is 1.40. The van der Waals surface area contributed by atoms with Gasteiger partial charge in [-0.3, -0.25) is 16.0 Å². The number of nitrogens with zero attached hydrogens (tertiary/aromatic N) is 2. The summed E-state index contributed by atoms with van der Waals surface area (Å²) in [5.41, 5.74) is 5.42. The number of hydrogen-bond donors (Lipinski definition) is 2. The Kier molecular flexibility index (Phi) is 4.10. The molecule has 1 atom stereocenters. The smallest absolute Gasteiger partial charge is 0.0624 e. The molecule has 92 valence electrons. The molecule has 1 rings (SSSR count). The van der Waals surface area contributed by atoms with E-state index in [2.05, 4.69) is 44.3 Å². The van der Waals surface area contributed by atoms with Crippen LogP contribution in [0.1, 0.15) is 39.1 Å². The third-order valence-electron chi connectivity index (χ3n) is 3.05. The normalized spacial score (nSPS) is 14.1. The molecule has 0 aromatic carbocycles. The van der Waals surface area contributed by atoms with Gasteiger partial charge in [-0.05, 0) is 17.9 Å². The minimum atomic E-state index is 0.144. The zero-order valence-electron chi connectivity index (χ0n) is 11.0. The Morgan fingerprint density at radius 1 is 1.50 bits per heavy atom. The minimum absolute atomic E-state index is 0.144. The molecule has 16 heavy (non-hydrogen) atoms. The summed E-state index contributed by atoms with van der Waals surface area (Å²) in [5, 5.41) is 4.45. The molecule has 0 spiro atoms. The molecule has 0 fully saturated rings. The van der Waals surface area contributed by atoms with Crippen LogP contribution in [0.15, 0.2) is 6.07 Å². The van der Waals surface area contributed by atoms with Gasteiger partial charge in [-0.25, -0.2) is 0 Å². The summed E-state index contributed by atoms with van der Waals surface area (Å²) in [4.78, 5) is 0. The van der Waals surface area contributed by atoms with Gasteiger partial charge in [0.1, 0.15) is 0 Å². The minimum Gasteiger partial charge on any atom is -0.272 e. The zero-order chi connectivity index (χ0) is 12.3. The van der Waals surface area contributed by atoms with Crippen molar-refractivity contribution in [3.63, 3.8) is 0 Å². The van der Waals surface area contributed by atoms with E-state index >= 15 is 0 Å². The standard InChI is InChI=1S/C12H24N4/c1-6-9-7-10(16(5)15-9)8-11(14-13)12(2,3)4/h7,11,14H,6,8,13H2,1-5H3. The average molecular weight is 224 g/mol. The van der Waals surface area contributed by atoms with Crippen LogP contribution in [0.2, 0.25) is 0 Å². The van der Waals surface area contributed by atoms with Gasteiger partial charge in [0, 0.05) is 25.2 Å². The predicted molar refractivity (Wildman–Crippen MR) is 66.9 cm³/mol. The van der Waals surface area contributed by atoms with Gasteiger partial charge in [0.25, 0.3) is 0 Å². The lowest BCUT2D eigenvalue weighted by molar-refractivity contribution is 0.265. The van der Waals surface area contributed by atoms with Crippen LogP contribution in [0, 0.1) is 5.41 Å². The molecular weight excluding hydrogens is 200 g/mol. The zero-order valence-corrected chi connectivity index (χ0v) is 11.0. The van der Waals surface area contributed by atoms with Gasteiger partial charge in [-0.15, -0.1) is 0 Å². The van der Waals surface area contributed by atoms with Crippen molar-refractivity contribution in [3.8, 4) is 0 Å². The van der Waals surface area contributed by atoms with Crippen molar-refractivity contribution in [2.45, 2.75) is 46.6 Å². The van der Waals surface area contributed by atoms with Crippen LogP contribution in [0.4, 0.5) is 0 Å². The quantitative estimate of drug-likeness (QED) is 0.600. The molecule has 0 saturated carbocycles. The first-order valence-electron chi connectivity index (χ1n) is 5.86. The molecule has 1 heterocycles. The second kappa shape index (κ2) is 4.97. The number of aromatic nitrogens is 2. The van der Waals surface area contributed by atoms with Gasteiger partial charge < -0.3 is 0 Å². The van der Waals surface area contributed by atoms with Crippen molar-refractivity contribution in [2.75, 3.05) is 0 Å². The molecule has 0 aliphatic rings. The number of nitrogens with one attached hydrogen (secondary N) is 1. The van der Waals surface area contributed by atoms with Crippen molar-refractivity contribution in [3.05, 3.63) is 17.5 Å². The topological polar surface area (TPSA) is 55.9 Å². The third-order valence-corrected chi connectivity index (χ3v) is 3.05. The van der Waals surface area contributed by atoms with E-state index in [1.807, 2.05) is 11.7 Å². The van der Waals surface area contributed by atoms with Gasteiger partial charge in [-0.2, -0.15) is 5.10 Å². The summed E-state index contributed by atoms with van der Waals surface area (Å²) in [7, 11) is 1.99. The van der Waals surface area contributed by atoms with E-state index in [9.17, 15) is 0 Å². The molecule has 0 aliphatic carbocycles. The summed E-state index contributed by atoms with van der Waals surface area (Å²) in [5.74, 6) is 5.62. The molecule has 3 N–H and O–H groups in total. The first kappa shape index (κ1) is 13.2. The molecule has 0 radical (unpaired) electrons. The van der Waals surface area contributed by atoms with Gasteiger partial charge in [0.15, 0.2) is 0 Å². The largest absolute Gasteiger partial charge is 0.272 e. The Morgan fingerprint density at radius 2 is 2.12 bits per heavy atom. The summed E-state index contributed by atoms with van der Waals surface area (Å²) < 4.78 is 1.95. The van der Waals surface area contributed by atoms with E-state index in [0.29, 0.717) is 0 Å².